The highest BCUT2D eigenvalue weighted by atomic mass is 16.2. The Hall–Kier alpha value is -0.570. The second-order valence-electron chi connectivity index (χ2n) is 5.46. The van der Waals surface area contributed by atoms with Crippen molar-refractivity contribution in [2.45, 2.75) is 64.5 Å². The molecule has 2 heterocycles. The normalized spacial score (nSPS) is 29.2. The van der Waals surface area contributed by atoms with Crippen molar-refractivity contribution in [1.82, 2.24) is 10.2 Å². The van der Waals surface area contributed by atoms with E-state index in [0.29, 0.717) is 18.0 Å². The molecule has 17 heavy (non-hydrogen) atoms. The van der Waals surface area contributed by atoms with Crippen LogP contribution in [0.25, 0.3) is 0 Å². The maximum Gasteiger partial charge on any atom is 0.225 e. The molecule has 0 aromatic rings. The van der Waals surface area contributed by atoms with Gasteiger partial charge in [0.25, 0.3) is 0 Å². The third-order valence-corrected chi connectivity index (χ3v) is 4.48. The minimum Gasteiger partial charge on any atom is -0.338 e. The molecule has 2 aliphatic heterocycles. The predicted octanol–water partition coefficient (Wildman–Crippen LogP) is 2.17. The number of nitrogens with zero attached hydrogens (tertiary/aromatic N) is 1. The summed E-state index contributed by atoms with van der Waals surface area (Å²) in [7, 11) is 0. The summed E-state index contributed by atoms with van der Waals surface area (Å²) in [5, 5.41) is 3.56. The highest BCUT2D eigenvalue weighted by Crippen LogP contribution is 2.27. The Bertz CT molecular complexity index is 257. The van der Waals surface area contributed by atoms with Gasteiger partial charge < -0.3 is 10.2 Å². The van der Waals surface area contributed by atoms with Crippen LogP contribution in [0.2, 0.25) is 0 Å². The van der Waals surface area contributed by atoms with E-state index in [9.17, 15) is 4.79 Å². The molecule has 0 aliphatic carbocycles. The van der Waals surface area contributed by atoms with Crippen LogP contribution in [0.15, 0.2) is 0 Å². The van der Waals surface area contributed by atoms with E-state index in [2.05, 4.69) is 24.1 Å². The maximum absolute atomic E-state index is 12.5. The summed E-state index contributed by atoms with van der Waals surface area (Å²) in [6, 6.07) is 1.04. The van der Waals surface area contributed by atoms with Gasteiger partial charge in [-0.25, -0.2) is 0 Å². The van der Waals surface area contributed by atoms with Crippen LogP contribution in [0.5, 0.6) is 0 Å². The Morgan fingerprint density at radius 2 is 2.06 bits per heavy atom. The van der Waals surface area contributed by atoms with Crippen LogP contribution >= 0.6 is 0 Å². The fourth-order valence-electron chi connectivity index (χ4n) is 3.40. The summed E-state index contributed by atoms with van der Waals surface area (Å²) in [5.74, 6) is 0.656. The number of carbonyl (C=O) groups excluding carboxylic acids is 1. The number of nitrogens with one attached hydrogen (secondary N) is 1. The molecule has 0 spiro atoms. The Morgan fingerprint density at radius 1 is 1.29 bits per heavy atom. The zero-order valence-corrected chi connectivity index (χ0v) is 11.2. The van der Waals surface area contributed by atoms with Crippen LogP contribution in [-0.2, 0) is 4.79 Å². The molecular weight excluding hydrogens is 212 g/mol. The Morgan fingerprint density at radius 3 is 2.65 bits per heavy atom. The minimum absolute atomic E-state index is 0.247. The van der Waals surface area contributed by atoms with Gasteiger partial charge in [-0.05, 0) is 45.1 Å². The molecule has 2 aliphatic rings. The van der Waals surface area contributed by atoms with Crippen LogP contribution in [0.4, 0.5) is 0 Å². The lowest BCUT2D eigenvalue weighted by Crippen LogP contribution is -2.48. The van der Waals surface area contributed by atoms with Gasteiger partial charge in [-0.2, -0.15) is 0 Å². The van der Waals surface area contributed by atoms with E-state index in [0.717, 1.165) is 25.9 Å². The van der Waals surface area contributed by atoms with Crippen molar-refractivity contribution in [3.63, 3.8) is 0 Å². The van der Waals surface area contributed by atoms with E-state index < -0.39 is 0 Å². The van der Waals surface area contributed by atoms with Crippen molar-refractivity contribution < 1.29 is 4.79 Å². The summed E-state index contributed by atoms with van der Waals surface area (Å²) >= 11 is 0. The number of rotatable bonds is 4. The molecule has 2 rings (SSSR count). The molecule has 3 nitrogen and oxygen atoms in total. The smallest absolute Gasteiger partial charge is 0.225 e. The predicted molar refractivity (Wildman–Crippen MR) is 69.8 cm³/mol. The van der Waals surface area contributed by atoms with Crippen LogP contribution in [0.3, 0.4) is 0 Å². The lowest BCUT2D eigenvalue weighted by molar-refractivity contribution is -0.137. The van der Waals surface area contributed by atoms with Crippen molar-refractivity contribution in [3.05, 3.63) is 0 Å². The highest BCUT2D eigenvalue weighted by molar-refractivity contribution is 5.79. The molecule has 0 bridgehead atoms. The second kappa shape index (κ2) is 5.85. The molecule has 2 fully saturated rings. The SMILES string of the molecule is CCC(CC)C(=O)N1CCCC1C1CCCN1. The third kappa shape index (κ3) is 2.65. The van der Waals surface area contributed by atoms with Crippen LogP contribution in [0.1, 0.15) is 52.4 Å². The van der Waals surface area contributed by atoms with Gasteiger partial charge >= 0.3 is 0 Å². The van der Waals surface area contributed by atoms with Crippen molar-refractivity contribution in [2.24, 2.45) is 5.92 Å². The van der Waals surface area contributed by atoms with Crippen molar-refractivity contribution in [1.29, 1.82) is 0 Å². The van der Waals surface area contributed by atoms with Crippen LogP contribution in [-0.4, -0.2) is 36.0 Å². The first-order chi connectivity index (χ1) is 8.27. The Kier molecular flexibility index (Phi) is 4.43. The summed E-state index contributed by atoms with van der Waals surface area (Å²) in [6.07, 6.45) is 6.87. The molecule has 2 atom stereocenters. The third-order valence-electron chi connectivity index (χ3n) is 4.48. The average molecular weight is 238 g/mol. The van der Waals surface area contributed by atoms with Gasteiger partial charge in [0.1, 0.15) is 0 Å². The van der Waals surface area contributed by atoms with E-state index in [1.165, 1.54) is 25.7 Å². The zero-order chi connectivity index (χ0) is 12.3. The quantitative estimate of drug-likeness (QED) is 0.814. The van der Waals surface area contributed by atoms with Gasteiger partial charge in [0, 0.05) is 24.5 Å². The molecule has 2 saturated heterocycles. The molecule has 0 saturated carbocycles. The van der Waals surface area contributed by atoms with Crippen LogP contribution in [0, 0.1) is 5.92 Å². The molecule has 3 heteroatoms. The number of hydrogen-bond donors (Lipinski definition) is 1. The van der Waals surface area contributed by atoms with E-state index in [4.69, 9.17) is 0 Å². The second-order valence-corrected chi connectivity index (χ2v) is 5.46. The van der Waals surface area contributed by atoms with Crippen molar-refractivity contribution in [3.8, 4) is 0 Å². The molecule has 0 aromatic carbocycles. The summed E-state index contributed by atoms with van der Waals surface area (Å²) < 4.78 is 0. The molecule has 1 N–H and O–H groups in total. The Balaban J connectivity index is 2.00. The molecule has 98 valence electrons. The summed E-state index contributed by atoms with van der Waals surface area (Å²) in [4.78, 5) is 14.7. The maximum atomic E-state index is 12.5. The first kappa shape index (κ1) is 12.9. The topological polar surface area (TPSA) is 32.3 Å². The van der Waals surface area contributed by atoms with Gasteiger partial charge in [0.15, 0.2) is 0 Å². The van der Waals surface area contributed by atoms with E-state index in [-0.39, 0.29) is 5.92 Å². The first-order valence-electron chi connectivity index (χ1n) is 7.31. The van der Waals surface area contributed by atoms with E-state index in [1.807, 2.05) is 0 Å². The summed E-state index contributed by atoms with van der Waals surface area (Å²) in [6.45, 7) is 6.38. The number of hydrogen-bond acceptors (Lipinski definition) is 2. The number of likely N-dealkylation sites (tertiary alicyclic amines) is 1. The van der Waals surface area contributed by atoms with Gasteiger partial charge in [0.05, 0.1) is 0 Å². The van der Waals surface area contributed by atoms with Gasteiger partial charge in [0.2, 0.25) is 5.91 Å². The first-order valence-corrected chi connectivity index (χ1v) is 7.31. The summed E-state index contributed by atoms with van der Waals surface area (Å²) in [5.41, 5.74) is 0. The minimum atomic E-state index is 0.247. The van der Waals surface area contributed by atoms with Crippen molar-refractivity contribution >= 4 is 5.91 Å². The highest BCUT2D eigenvalue weighted by Gasteiger charge is 2.37. The van der Waals surface area contributed by atoms with E-state index in [1.54, 1.807) is 0 Å². The van der Waals surface area contributed by atoms with Crippen LogP contribution < -0.4 is 5.32 Å². The fourth-order valence-corrected chi connectivity index (χ4v) is 3.40. The number of carbonyl (C=O) groups is 1. The average Bonchev–Trinajstić information content (AvgIpc) is 3.01. The Labute approximate surface area is 105 Å². The van der Waals surface area contributed by atoms with Gasteiger partial charge in [-0.15, -0.1) is 0 Å². The lowest BCUT2D eigenvalue weighted by Gasteiger charge is -2.32. The fraction of sp³-hybridized carbons (Fsp3) is 0.929. The van der Waals surface area contributed by atoms with Gasteiger partial charge in [-0.1, -0.05) is 13.8 Å². The largest absolute Gasteiger partial charge is 0.338 e. The molecule has 0 radical (unpaired) electrons. The van der Waals surface area contributed by atoms with Gasteiger partial charge in [-0.3, -0.25) is 4.79 Å². The zero-order valence-electron chi connectivity index (χ0n) is 11.2. The molecular formula is C14H26N2O. The lowest BCUT2D eigenvalue weighted by atomic mass is 9.99. The molecule has 1 amide bonds. The van der Waals surface area contributed by atoms with Crippen molar-refractivity contribution in [2.75, 3.05) is 13.1 Å². The standard InChI is InChI=1S/C14H26N2O/c1-3-11(4-2)14(17)16-10-6-8-13(16)12-7-5-9-15-12/h11-13,15H,3-10H2,1-2H3. The monoisotopic (exact) mass is 238 g/mol. The van der Waals surface area contributed by atoms with E-state index >= 15 is 0 Å². The molecule has 2 unspecified atom stereocenters. The number of amides is 1. The molecule has 0 aromatic heterocycles.